The summed E-state index contributed by atoms with van der Waals surface area (Å²) in [6, 6.07) is 29.1. The van der Waals surface area contributed by atoms with Gasteiger partial charge < -0.3 is 14.2 Å². The molecule has 0 unspecified atom stereocenters. The maximum absolute atomic E-state index is 6.91. The van der Waals surface area contributed by atoms with Crippen LogP contribution in [0.2, 0.25) is 0 Å². The number of hydrogen-bond acceptors (Lipinski definition) is 3. The molecule has 0 fully saturated rings. The Morgan fingerprint density at radius 3 is 1.67 bits per heavy atom. The third-order valence-corrected chi connectivity index (χ3v) is 6.10. The topological polar surface area (TPSA) is 27.7 Å². The van der Waals surface area contributed by atoms with E-state index in [1.165, 1.54) is 10.8 Å². The second-order valence-corrected chi connectivity index (χ2v) is 11.3. The molecule has 0 saturated carbocycles. The van der Waals surface area contributed by atoms with Gasteiger partial charge in [0.2, 0.25) is 0 Å². The van der Waals surface area contributed by atoms with Gasteiger partial charge in [-0.2, -0.15) is 0 Å². The molecule has 3 nitrogen and oxygen atoms in total. The summed E-state index contributed by atoms with van der Waals surface area (Å²) in [7, 11) is 0. The highest BCUT2D eigenvalue weighted by Gasteiger charge is 2.37. The molecule has 0 amide bonds. The van der Waals surface area contributed by atoms with Crippen LogP contribution in [0.15, 0.2) is 91.0 Å². The fourth-order valence-corrected chi connectivity index (χ4v) is 4.67. The summed E-state index contributed by atoms with van der Waals surface area (Å²) in [5.74, 6) is 2.53. The van der Waals surface area contributed by atoms with Crippen molar-refractivity contribution >= 4 is 16.8 Å². The van der Waals surface area contributed by atoms with Crippen LogP contribution in [0.25, 0.3) is 16.8 Å². The molecule has 0 radical (unpaired) electrons. The number of ether oxygens (including phenoxy) is 3. The number of rotatable bonds is 4. The highest BCUT2D eigenvalue weighted by atomic mass is 16.5. The molecule has 36 heavy (non-hydrogen) atoms. The quantitative estimate of drug-likeness (QED) is 0.294. The lowest BCUT2D eigenvalue weighted by atomic mass is 9.83. The van der Waals surface area contributed by atoms with E-state index in [1.807, 2.05) is 24.3 Å². The Morgan fingerprint density at radius 2 is 1.14 bits per heavy atom. The lowest BCUT2D eigenvalue weighted by Crippen LogP contribution is -2.34. The molecule has 1 heterocycles. The van der Waals surface area contributed by atoms with E-state index < -0.39 is 5.60 Å². The summed E-state index contributed by atoms with van der Waals surface area (Å²) >= 11 is 0. The highest BCUT2D eigenvalue weighted by molar-refractivity contribution is 5.94. The average Bonchev–Trinajstić information content (AvgIpc) is 2.82. The van der Waals surface area contributed by atoms with Gasteiger partial charge in [-0.05, 0) is 94.8 Å². The minimum atomic E-state index is -0.782. The third-order valence-electron chi connectivity index (χ3n) is 6.10. The summed E-state index contributed by atoms with van der Waals surface area (Å²) in [5, 5.41) is 2.38. The smallest absolute Gasteiger partial charge is 0.178 e. The van der Waals surface area contributed by atoms with Crippen molar-refractivity contribution < 1.29 is 14.2 Å². The van der Waals surface area contributed by atoms with Crippen molar-refractivity contribution in [1.29, 1.82) is 0 Å². The predicted molar refractivity (Wildman–Crippen MR) is 148 cm³/mol. The lowest BCUT2D eigenvalue weighted by Gasteiger charge is -2.36. The van der Waals surface area contributed by atoms with E-state index in [2.05, 4.69) is 114 Å². The lowest BCUT2D eigenvalue weighted by molar-refractivity contribution is 0.130. The maximum atomic E-state index is 6.91. The van der Waals surface area contributed by atoms with Crippen LogP contribution in [-0.2, 0) is 5.60 Å². The monoisotopic (exact) mass is 478 g/mol. The summed E-state index contributed by atoms with van der Waals surface area (Å²) in [4.78, 5) is 0. The molecule has 1 aliphatic heterocycles. The molecule has 0 bridgehead atoms. The number of hydrogen-bond donors (Lipinski definition) is 0. The SMILES string of the molecule is CC(C)(C)Oc1ccc(C2(c3ccc(OC(C)(C)C)cc3)C=Cc3c(ccc4ccccc34)O2)cc1. The van der Waals surface area contributed by atoms with E-state index in [4.69, 9.17) is 14.2 Å². The summed E-state index contributed by atoms with van der Waals surface area (Å²) in [5.41, 5.74) is 1.86. The first-order chi connectivity index (χ1) is 17.0. The Balaban J connectivity index is 1.60. The van der Waals surface area contributed by atoms with Gasteiger partial charge in [0.05, 0.1) is 0 Å². The molecule has 0 spiro atoms. The van der Waals surface area contributed by atoms with Gasteiger partial charge in [-0.1, -0.05) is 54.6 Å². The number of fused-ring (bicyclic) bond motifs is 3. The van der Waals surface area contributed by atoms with Crippen molar-refractivity contribution in [2.75, 3.05) is 0 Å². The Bertz CT molecular complexity index is 1340. The standard InChI is InChI=1S/C33H34O3/c1-31(2,3)34-26-16-12-24(13-17-26)33(25-14-18-27(19-15-25)35-32(4,5)6)22-21-29-28-10-8-7-9-23(28)11-20-30(29)36-33/h7-22H,1-6H3. The largest absolute Gasteiger partial charge is 0.488 e. The molecule has 4 aromatic rings. The van der Waals surface area contributed by atoms with E-state index in [0.717, 1.165) is 33.9 Å². The maximum Gasteiger partial charge on any atom is 0.178 e. The fourth-order valence-electron chi connectivity index (χ4n) is 4.67. The molecule has 184 valence electrons. The Kier molecular flexibility index (Phi) is 5.83. The normalized spacial score (nSPS) is 14.7. The van der Waals surface area contributed by atoms with Crippen LogP contribution < -0.4 is 14.2 Å². The molecule has 0 saturated heterocycles. The van der Waals surface area contributed by atoms with Crippen LogP contribution in [-0.4, -0.2) is 11.2 Å². The van der Waals surface area contributed by atoms with Crippen LogP contribution in [0, 0.1) is 0 Å². The Hall–Kier alpha value is -3.72. The van der Waals surface area contributed by atoms with Gasteiger partial charge in [0, 0.05) is 16.7 Å². The molecule has 0 atom stereocenters. The van der Waals surface area contributed by atoms with Crippen LogP contribution in [0.3, 0.4) is 0 Å². The molecule has 1 aliphatic rings. The van der Waals surface area contributed by atoms with E-state index in [-0.39, 0.29) is 11.2 Å². The first kappa shape index (κ1) is 24.0. The molecule has 3 heteroatoms. The molecule has 4 aromatic carbocycles. The molecule has 5 rings (SSSR count). The van der Waals surface area contributed by atoms with E-state index >= 15 is 0 Å². The van der Waals surface area contributed by atoms with E-state index in [1.54, 1.807) is 0 Å². The van der Waals surface area contributed by atoms with Gasteiger partial charge in [-0.25, -0.2) is 0 Å². The molecule has 0 aliphatic carbocycles. The zero-order valence-electron chi connectivity index (χ0n) is 22.0. The predicted octanol–water partition coefficient (Wildman–Crippen LogP) is 8.54. The van der Waals surface area contributed by atoms with Crippen molar-refractivity contribution in [3.8, 4) is 17.2 Å². The van der Waals surface area contributed by atoms with Crippen molar-refractivity contribution in [3.05, 3.63) is 108 Å². The van der Waals surface area contributed by atoms with Crippen molar-refractivity contribution in [2.24, 2.45) is 0 Å². The first-order valence-electron chi connectivity index (χ1n) is 12.5. The summed E-state index contributed by atoms with van der Waals surface area (Å²) in [6.07, 6.45) is 4.36. The zero-order valence-corrected chi connectivity index (χ0v) is 22.0. The first-order valence-corrected chi connectivity index (χ1v) is 12.5. The van der Waals surface area contributed by atoms with Gasteiger partial charge in [-0.15, -0.1) is 0 Å². The minimum absolute atomic E-state index is 0.261. The Labute approximate surface area is 214 Å². The summed E-state index contributed by atoms with van der Waals surface area (Å²) < 4.78 is 19.1. The zero-order chi connectivity index (χ0) is 25.6. The van der Waals surface area contributed by atoms with Crippen LogP contribution >= 0.6 is 0 Å². The Morgan fingerprint density at radius 1 is 0.611 bits per heavy atom. The van der Waals surface area contributed by atoms with Crippen LogP contribution in [0.1, 0.15) is 58.2 Å². The summed E-state index contributed by atoms with van der Waals surface area (Å²) in [6.45, 7) is 12.3. The third kappa shape index (κ3) is 4.83. The van der Waals surface area contributed by atoms with Crippen molar-refractivity contribution in [1.82, 2.24) is 0 Å². The second kappa shape index (κ2) is 8.74. The van der Waals surface area contributed by atoms with Gasteiger partial charge in [0.1, 0.15) is 28.5 Å². The van der Waals surface area contributed by atoms with Crippen molar-refractivity contribution in [3.63, 3.8) is 0 Å². The van der Waals surface area contributed by atoms with Crippen molar-refractivity contribution in [2.45, 2.75) is 58.3 Å². The minimum Gasteiger partial charge on any atom is -0.488 e. The molecule has 0 N–H and O–H groups in total. The van der Waals surface area contributed by atoms with E-state index in [0.29, 0.717) is 0 Å². The fraction of sp³-hybridized carbons (Fsp3) is 0.273. The van der Waals surface area contributed by atoms with Crippen LogP contribution in [0.5, 0.6) is 17.2 Å². The highest BCUT2D eigenvalue weighted by Crippen LogP contribution is 2.44. The van der Waals surface area contributed by atoms with Crippen LogP contribution in [0.4, 0.5) is 0 Å². The van der Waals surface area contributed by atoms with Gasteiger partial charge in [0.15, 0.2) is 5.60 Å². The molecule has 0 aromatic heterocycles. The second-order valence-electron chi connectivity index (χ2n) is 11.3. The van der Waals surface area contributed by atoms with E-state index in [9.17, 15) is 0 Å². The molecular formula is C33H34O3. The number of benzene rings is 4. The average molecular weight is 479 g/mol. The van der Waals surface area contributed by atoms with Gasteiger partial charge in [-0.3, -0.25) is 0 Å². The van der Waals surface area contributed by atoms with Gasteiger partial charge >= 0.3 is 0 Å². The molecular weight excluding hydrogens is 444 g/mol. The van der Waals surface area contributed by atoms with Gasteiger partial charge in [0.25, 0.3) is 0 Å².